The SMILES string of the molecule is Cc1cc(CN[C@H](C)c2cccs2)ccc1Br. The average Bonchev–Trinajstić information content (AvgIpc) is 2.84. The van der Waals surface area contributed by atoms with Gasteiger partial charge < -0.3 is 5.32 Å². The van der Waals surface area contributed by atoms with E-state index in [4.69, 9.17) is 0 Å². The summed E-state index contributed by atoms with van der Waals surface area (Å²) in [6.45, 7) is 5.24. The van der Waals surface area contributed by atoms with Crippen molar-refractivity contribution >= 4 is 27.3 Å². The summed E-state index contributed by atoms with van der Waals surface area (Å²) in [7, 11) is 0. The molecule has 1 atom stereocenters. The number of halogens is 1. The fourth-order valence-corrected chi connectivity index (χ4v) is 2.73. The Morgan fingerprint density at radius 1 is 1.35 bits per heavy atom. The Morgan fingerprint density at radius 3 is 2.82 bits per heavy atom. The molecule has 0 saturated carbocycles. The summed E-state index contributed by atoms with van der Waals surface area (Å²) >= 11 is 5.32. The molecule has 90 valence electrons. The highest BCUT2D eigenvalue weighted by Gasteiger charge is 2.05. The molecule has 2 aromatic rings. The zero-order valence-electron chi connectivity index (χ0n) is 10.0. The van der Waals surface area contributed by atoms with Gasteiger partial charge in [-0.25, -0.2) is 0 Å². The van der Waals surface area contributed by atoms with Gasteiger partial charge in [0.1, 0.15) is 0 Å². The number of thiophene rings is 1. The van der Waals surface area contributed by atoms with Crippen LogP contribution in [0.3, 0.4) is 0 Å². The second kappa shape index (κ2) is 5.80. The van der Waals surface area contributed by atoms with E-state index in [1.807, 2.05) is 0 Å². The molecule has 2 rings (SSSR count). The second-order valence-corrected chi connectivity index (χ2v) is 6.04. The molecular weight excluding hydrogens is 294 g/mol. The maximum absolute atomic E-state index is 3.54. The van der Waals surface area contributed by atoms with Crippen molar-refractivity contribution in [2.45, 2.75) is 26.4 Å². The second-order valence-electron chi connectivity index (χ2n) is 4.20. The molecule has 1 aromatic heterocycles. The number of hydrogen-bond acceptors (Lipinski definition) is 2. The molecule has 0 spiro atoms. The Bertz CT molecular complexity index is 479. The van der Waals surface area contributed by atoms with Crippen molar-refractivity contribution in [2.75, 3.05) is 0 Å². The van der Waals surface area contributed by atoms with Gasteiger partial charge in [-0.2, -0.15) is 0 Å². The van der Waals surface area contributed by atoms with Gasteiger partial charge in [0.05, 0.1) is 0 Å². The van der Waals surface area contributed by atoms with Crippen LogP contribution in [0.4, 0.5) is 0 Å². The number of hydrogen-bond donors (Lipinski definition) is 1. The van der Waals surface area contributed by atoms with Crippen LogP contribution < -0.4 is 5.32 Å². The summed E-state index contributed by atoms with van der Waals surface area (Å²) in [5, 5.41) is 5.67. The van der Waals surface area contributed by atoms with E-state index in [0.29, 0.717) is 6.04 Å². The summed E-state index contributed by atoms with van der Waals surface area (Å²) in [5.74, 6) is 0. The molecule has 0 radical (unpaired) electrons. The van der Waals surface area contributed by atoms with Gasteiger partial charge in [0.25, 0.3) is 0 Å². The topological polar surface area (TPSA) is 12.0 Å². The van der Waals surface area contributed by atoms with Crippen LogP contribution in [-0.4, -0.2) is 0 Å². The minimum absolute atomic E-state index is 0.416. The monoisotopic (exact) mass is 309 g/mol. The van der Waals surface area contributed by atoms with Crippen LogP contribution in [-0.2, 0) is 6.54 Å². The van der Waals surface area contributed by atoms with Crippen LogP contribution in [0.1, 0.15) is 29.0 Å². The highest BCUT2D eigenvalue weighted by Crippen LogP contribution is 2.20. The lowest BCUT2D eigenvalue weighted by atomic mass is 10.1. The number of benzene rings is 1. The molecule has 0 aliphatic heterocycles. The molecule has 0 amide bonds. The fraction of sp³-hybridized carbons (Fsp3) is 0.286. The number of nitrogens with one attached hydrogen (secondary N) is 1. The molecule has 3 heteroatoms. The summed E-state index contributed by atoms with van der Waals surface area (Å²) in [4.78, 5) is 1.39. The minimum Gasteiger partial charge on any atom is -0.305 e. The fourth-order valence-electron chi connectivity index (χ4n) is 1.73. The maximum Gasteiger partial charge on any atom is 0.0388 e. The molecule has 0 aliphatic carbocycles. The van der Waals surface area contributed by atoms with Gasteiger partial charge in [-0.05, 0) is 42.5 Å². The van der Waals surface area contributed by atoms with E-state index in [-0.39, 0.29) is 0 Å². The first-order valence-electron chi connectivity index (χ1n) is 5.68. The van der Waals surface area contributed by atoms with Crippen molar-refractivity contribution in [3.63, 3.8) is 0 Å². The summed E-state index contributed by atoms with van der Waals surface area (Å²) in [6.07, 6.45) is 0. The van der Waals surface area contributed by atoms with E-state index < -0.39 is 0 Å². The molecule has 0 aliphatic rings. The number of aryl methyl sites for hydroxylation is 1. The third kappa shape index (κ3) is 3.41. The molecule has 0 bridgehead atoms. The van der Waals surface area contributed by atoms with Crippen LogP contribution >= 0.6 is 27.3 Å². The lowest BCUT2D eigenvalue weighted by molar-refractivity contribution is 0.583. The van der Waals surface area contributed by atoms with Gasteiger partial charge in [0, 0.05) is 21.9 Å². The molecule has 1 N–H and O–H groups in total. The summed E-state index contributed by atoms with van der Waals surface area (Å²) in [6, 6.07) is 11.2. The Hall–Kier alpha value is -0.640. The minimum atomic E-state index is 0.416. The van der Waals surface area contributed by atoms with Crippen molar-refractivity contribution in [3.8, 4) is 0 Å². The van der Waals surface area contributed by atoms with Crippen LogP contribution in [0.15, 0.2) is 40.2 Å². The Labute approximate surface area is 115 Å². The molecule has 0 saturated heterocycles. The average molecular weight is 310 g/mol. The quantitative estimate of drug-likeness (QED) is 0.865. The molecule has 1 aromatic carbocycles. The van der Waals surface area contributed by atoms with Gasteiger partial charge in [-0.15, -0.1) is 11.3 Å². The normalized spacial score (nSPS) is 12.6. The van der Waals surface area contributed by atoms with Crippen molar-refractivity contribution in [1.82, 2.24) is 5.32 Å². The van der Waals surface area contributed by atoms with Gasteiger partial charge >= 0.3 is 0 Å². The van der Waals surface area contributed by atoms with E-state index in [0.717, 1.165) is 6.54 Å². The summed E-state index contributed by atoms with van der Waals surface area (Å²) < 4.78 is 1.17. The van der Waals surface area contributed by atoms with Gasteiger partial charge in [0.2, 0.25) is 0 Å². The summed E-state index contributed by atoms with van der Waals surface area (Å²) in [5.41, 5.74) is 2.61. The van der Waals surface area contributed by atoms with E-state index in [1.165, 1.54) is 20.5 Å². The standard InChI is InChI=1S/C14H16BrNS/c1-10-8-12(5-6-13(10)15)9-16-11(2)14-4-3-7-17-14/h3-8,11,16H,9H2,1-2H3/t11-/m1/s1. The van der Waals surface area contributed by atoms with Crippen LogP contribution in [0.5, 0.6) is 0 Å². The molecule has 0 unspecified atom stereocenters. The Morgan fingerprint density at radius 2 is 2.18 bits per heavy atom. The lowest BCUT2D eigenvalue weighted by Crippen LogP contribution is -2.17. The first kappa shape index (κ1) is 12.8. The van der Waals surface area contributed by atoms with E-state index in [9.17, 15) is 0 Å². The first-order valence-corrected chi connectivity index (χ1v) is 7.36. The predicted molar refractivity (Wildman–Crippen MR) is 78.5 cm³/mol. The number of rotatable bonds is 4. The Kier molecular flexibility index (Phi) is 4.37. The highest BCUT2D eigenvalue weighted by atomic mass is 79.9. The van der Waals surface area contributed by atoms with Gasteiger partial charge in [0.15, 0.2) is 0 Å². The highest BCUT2D eigenvalue weighted by molar-refractivity contribution is 9.10. The third-order valence-corrected chi connectivity index (χ3v) is 4.75. The smallest absolute Gasteiger partial charge is 0.0388 e. The molecule has 17 heavy (non-hydrogen) atoms. The Balaban J connectivity index is 1.96. The van der Waals surface area contributed by atoms with E-state index >= 15 is 0 Å². The molecule has 0 fully saturated rings. The van der Waals surface area contributed by atoms with Crippen LogP contribution in [0.25, 0.3) is 0 Å². The molecule has 1 nitrogen and oxygen atoms in total. The largest absolute Gasteiger partial charge is 0.305 e. The third-order valence-electron chi connectivity index (χ3n) is 2.80. The molecular formula is C14H16BrNS. The lowest BCUT2D eigenvalue weighted by Gasteiger charge is -2.12. The van der Waals surface area contributed by atoms with E-state index in [2.05, 4.69) is 70.8 Å². The maximum atomic E-state index is 3.54. The van der Waals surface area contributed by atoms with Crippen molar-refractivity contribution in [2.24, 2.45) is 0 Å². The zero-order chi connectivity index (χ0) is 12.3. The van der Waals surface area contributed by atoms with Gasteiger partial charge in [-0.3, -0.25) is 0 Å². The first-order chi connectivity index (χ1) is 8.16. The molecule has 1 heterocycles. The van der Waals surface area contributed by atoms with Crippen molar-refractivity contribution < 1.29 is 0 Å². The van der Waals surface area contributed by atoms with E-state index in [1.54, 1.807) is 11.3 Å². The van der Waals surface area contributed by atoms with Crippen molar-refractivity contribution in [1.29, 1.82) is 0 Å². The van der Waals surface area contributed by atoms with Crippen LogP contribution in [0.2, 0.25) is 0 Å². The van der Waals surface area contributed by atoms with Crippen molar-refractivity contribution in [3.05, 3.63) is 56.2 Å². The van der Waals surface area contributed by atoms with Crippen LogP contribution in [0, 0.1) is 6.92 Å². The zero-order valence-corrected chi connectivity index (χ0v) is 12.4. The van der Waals surface area contributed by atoms with Gasteiger partial charge in [-0.1, -0.05) is 34.1 Å². The predicted octanol–water partition coefficient (Wildman–Crippen LogP) is 4.67.